The molecule has 0 radical (unpaired) electrons. The Hall–Kier alpha value is -2.04. The third-order valence-electron chi connectivity index (χ3n) is 6.00. The molecule has 1 saturated heterocycles. The van der Waals surface area contributed by atoms with Crippen molar-refractivity contribution in [2.75, 3.05) is 40.3 Å². The molecule has 0 spiro atoms. The van der Waals surface area contributed by atoms with Crippen LogP contribution in [0.3, 0.4) is 0 Å². The van der Waals surface area contributed by atoms with E-state index in [1.807, 2.05) is 14.1 Å². The lowest BCUT2D eigenvalue weighted by atomic mass is 9.95. The third-order valence-corrected chi connectivity index (χ3v) is 6.00. The zero-order chi connectivity index (χ0) is 21.2. The number of hydrogen-bond donors (Lipinski definition) is 0. The molecule has 3 rings (SSSR count). The maximum absolute atomic E-state index is 12.1. The van der Waals surface area contributed by atoms with Crippen molar-refractivity contribution in [1.29, 1.82) is 0 Å². The number of benzene rings is 2. The standard InChI is InChI=1S/C26H36N2O2.ClH/c1-27(2)26(29)24-16-19-28(20-17-24)18-8-9-21-30-25-13-7-6-12-23(25)15-14-22-10-4-3-5-11-22;/h3-7,10-13,24H,8-9,14-21H2,1-2H3;1H. The number of aryl methyl sites for hydroxylation is 2. The van der Waals surface area contributed by atoms with Crippen LogP contribution in [0.25, 0.3) is 0 Å². The first-order valence-corrected chi connectivity index (χ1v) is 11.3. The van der Waals surface area contributed by atoms with Gasteiger partial charge in [-0.1, -0.05) is 48.5 Å². The summed E-state index contributed by atoms with van der Waals surface area (Å²) in [5, 5.41) is 0. The number of para-hydroxylation sites is 1. The van der Waals surface area contributed by atoms with Crippen molar-refractivity contribution in [3.05, 3.63) is 65.7 Å². The topological polar surface area (TPSA) is 32.8 Å². The van der Waals surface area contributed by atoms with Gasteiger partial charge in [0.05, 0.1) is 6.61 Å². The number of likely N-dealkylation sites (tertiary alicyclic amines) is 1. The molecule has 2 aromatic rings. The highest BCUT2D eigenvalue weighted by Gasteiger charge is 2.25. The number of unbranched alkanes of at least 4 members (excludes halogenated alkanes) is 1. The van der Waals surface area contributed by atoms with Gasteiger partial charge in [0.1, 0.15) is 5.75 Å². The van der Waals surface area contributed by atoms with E-state index in [9.17, 15) is 4.79 Å². The molecule has 0 aromatic heterocycles. The average molecular weight is 445 g/mol. The quantitative estimate of drug-likeness (QED) is 0.491. The predicted molar refractivity (Wildman–Crippen MR) is 130 cm³/mol. The summed E-state index contributed by atoms with van der Waals surface area (Å²) in [4.78, 5) is 16.3. The minimum Gasteiger partial charge on any atom is -0.493 e. The van der Waals surface area contributed by atoms with E-state index in [1.165, 1.54) is 11.1 Å². The van der Waals surface area contributed by atoms with Crippen LogP contribution in [0.5, 0.6) is 5.75 Å². The number of amides is 1. The van der Waals surface area contributed by atoms with E-state index in [0.29, 0.717) is 0 Å². The largest absolute Gasteiger partial charge is 0.493 e. The number of rotatable bonds is 10. The van der Waals surface area contributed by atoms with E-state index in [4.69, 9.17) is 4.74 Å². The fraction of sp³-hybridized carbons (Fsp3) is 0.500. The smallest absolute Gasteiger partial charge is 0.225 e. The molecule has 170 valence electrons. The normalized spacial score (nSPS) is 14.6. The van der Waals surface area contributed by atoms with Crippen LogP contribution in [0.15, 0.2) is 54.6 Å². The zero-order valence-corrected chi connectivity index (χ0v) is 19.8. The highest BCUT2D eigenvalue weighted by atomic mass is 35.5. The number of carbonyl (C=O) groups excluding carboxylic acids is 1. The Balaban J connectivity index is 0.00000341. The van der Waals surface area contributed by atoms with E-state index in [1.54, 1.807) is 4.90 Å². The molecule has 0 atom stereocenters. The van der Waals surface area contributed by atoms with Gasteiger partial charge in [-0.25, -0.2) is 0 Å². The molecular weight excluding hydrogens is 408 g/mol. The summed E-state index contributed by atoms with van der Waals surface area (Å²) < 4.78 is 6.12. The Morgan fingerprint density at radius 1 is 0.968 bits per heavy atom. The van der Waals surface area contributed by atoms with Crippen molar-refractivity contribution in [1.82, 2.24) is 9.80 Å². The second-order valence-corrected chi connectivity index (χ2v) is 8.50. The molecule has 1 heterocycles. The zero-order valence-electron chi connectivity index (χ0n) is 19.0. The minimum atomic E-state index is 0. The van der Waals surface area contributed by atoms with E-state index < -0.39 is 0 Å². The number of ether oxygens (including phenoxy) is 1. The van der Waals surface area contributed by atoms with Crippen LogP contribution in [0.1, 0.15) is 36.8 Å². The van der Waals surface area contributed by atoms with Crippen LogP contribution in [0.2, 0.25) is 0 Å². The van der Waals surface area contributed by atoms with Gasteiger partial charge in [-0.05, 0) is 75.4 Å². The summed E-state index contributed by atoms with van der Waals surface area (Å²) in [6.45, 7) is 3.93. The van der Waals surface area contributed by atoms with Gasteiger partial charge in [-0.2, -0.15) is 0 Å². The van der Waals surface area contributed by atoms with Gasteiger partial charge < -0.3 is 14.5 Å². The SMILES string of the molecule is CN(C)C(=O)C1CCN(CCCCOc2ccccc2CCc2ccccc2)CC1.Cl. The fourth-order valence-electron chi connectivity index (χ4n) is 4.16. The Bertz CT molecular complexity index is 774. The monoisotopic (exact) mass is 444 g/mol. The van der Waals surface area contributed by atoms with Gasteiger partial charge in [-0.15, -0.1) is 12.4 Å². The Morgan fingerprint density at radius 3 is 2.35 bits per heavy atom. The molecule has 1 aliphatic rings. The molecule has 0 bridgehead atoms. The second-order valence-electron chi connectivity index (χ2n) is 8.50. The van der Waals surface area contributed by atoms with Crippen LogP contribution in [-0.4, -0.2) is 56.0 Å². The van der Waals surface area contributed by atoms with E-state index in [2.05, 4.69) is 59.5 Å². The Morgan fingerprint density at radius 2 is 1.65 bits per heavy atom. The van der Waals surface area contributed by atoms with Gasteiger partial charge in [0.15, 0.2) is 0 Å². The van der Waals surface area contributed by atoms with Crippen LogP contribution < -0.4 is 4.74 Å². The maximum Gasteiger partial charge on any atom is 0.225 e. The van der Waals surface area contributed by atoms with E-state index in [0.717, 1.165) is 70.5 Å². The molecule has 4 nitrogen and oxygen atoms in total. The Labute approximate surface area is 194 Å². The summed E-state index contributed by atoms with van der Waals surface area (Å²) in [5.74, 6) is 1.53. The molecule has 1 aliphatic heterocycles. The average Bonchev–Trinajstić information content (AvgIpc) is 2.78. The molecule has 2 aromatic carbocycles. The van der Waals surface area contributed by atoms with Crippen LogP contribution in [-0.2, 0) is 17.6 Å². The first-order chi connectivity index (χ1) is 14.6. The van der Waals surface area contributed by atoms with Crippen molar-refractivity contribution in [2.24, 2.45) is 5.92 Å². The fourth-order valence-corrected chi connectivity index (χ4v) is 4.16. The molecular formula is C26H37ClN2O2. The van der Waals surface area contributed by atoms with Gasteiger partial charge in [0, 0.05) is 20.0 Å². The molecule has 0 aliphatic carbocycles. The van der Waals surface area contributed by atoms with Crippen LogP contribution >= 0.6 is 12.4 Å². The van der Waals surface area contributed by atoms with Gasteiger partial charge >= 0.3 is 0 Å². The molecule has 31 heavy (non-hydrogen) atoms. The Kier molecular flexibility index (Phi) is 10.9. The first-order valence-electron chi connectivity index (χ1n) is 11.3. The summed E-state index contributed by atoms with van der Waals surface area (Å²) in [6.07, 6.45) is 6.21. The summed E-state index contributed by atoms with van der Waals surface area (Å²) in [6, 6.07) is 19.0. The van der Waals surface area contributed by atoms with Crippen molar-refractivity contribution in [3.63, 3.8) is 0 Å². The van der Waals surface area contributed by atoms with Gasteiger partial charge in [0.25, 0.3) is 0 Å². The molecule has 5 heteroatoms. The molecule has 1 amide bonds. The predicted octanol–water partition coefficient (Wildman–Crippen LogP) is 4.85. The molecule has 0 saturated carbocycles. The maximum atomic E-state index is 12.1. The summed E-state index contributed by atoms with van der Waals surface area (Å²) >= 11 is 0. The number of halogens is 1. The number of nitrogens with zero attached hydrogens (tertiary/aromatic N) is 2. The lowest BCUT2D eigenvalue weighted by molar-refractivity contribution is -0.134. The summed E-state index contributed by atoms with van der Waals surface area (Å²) in [5.41, 5.74) is 2.65. The second kappa shape index (κ2) is 13.4. The van der Waals surface area contributed by atoms with Crippen molar-refractivity contribution in [3.8, 4) is 5.75 Å². The lowest BCUT2D eigenvalue weighted by Gasteiger charge is -2.32. The van der Waals surface area contributed by atoms with Gasteiger partial charge in [-0.3, -0.25) is 4.79 Å². The highest BCUT2D eigenvalue weighted by Crippen LogP contribution is 2.21. The van der Waals surface area contributed by atoms with Crippen molar-refractivity contribution < 1.29 is 9.53 Å². The minimum absolute atomic E-state index is 0. The summed E-state index contributed by atoms with van der Waals surface area (Å²) in [7, 11) is 3.71. The number of hydrogen-bond acceptors (Lipinski definition) is 3. The highest BCUT2D eigenvalue weighted by molar-refractivity contribution is 5.85. The van der Waals surface area contributed by atoms with Crippen LogP contribution in [0, 0.1) is 5.92 Å². The number of piperidine rings is 1. The van der Waals surface area contributed by atoms with Crippen molar-refractivity contribution >= 4 is 18.3 Å². The lowest BCUT2D eigenvalue weighted by Crippen LogP contribution is -2.40. The third kappa shape index (κ3) is 8.19. The van der Waals surface area contributed by atoms with Crippen LogP contribution in [0.4, 0.5) is 0 Å². The van der Waals surface area contributed by atoms with Gasteiger partial charge in [0.2, 0.25) is 5.91 Å². The molecule has 0 N–H and O–H groups in total. The number of carbonyl (C=O) groups is 1. The molecule has 1 fully saturated rings. The van der Waals surface area contributed by atoms with E-state index >= 15 is 0 Å². The van der Waals surface area contributed by atoms with E-state index in [-0.39, 0.29) is 24.2 Å². The first kappa shape index (κ1) is 25.2. The molecule has 0 unspecified atom stereocenters. The van der Waals surface area contributed by atoms with Crippen molar-refractivity contribution in [2.45, 2.75) is 38.5 Å².